The van der Waals surface area contributed by atoms with Crippen LogP contribution < -0.4 is 10.1 Å². The van der Waals surface area contributed by atoms with Crippen molar-refractivity contribution in [2.24, 2.45) is 4.99 Å². The molecule has 0 aliphatic carbocycles. The predicted octanol–water partition coefficient (Wildman–Crippen LogP) is 3.97. The molecule has 1 heterocycles. The number of nitrogens with zero attached hydrogens (tertiary/aromatic N) is 2. The number of aliphatic imine (C=N–C) groups is 1. The number of halogens is 1. The summed E-state index contributed by atoms with van der Waals surface area (Å²) in [5.74, 6) is 2.62. The Balaban J connectivity index is 0.00000261. The number of hydrogen-bond acceptors (Lipinski definition) is 3. The Hall–Kier alpha value is -1.96. The van der Waals surface area contributed by atoms with Crippen molar-refractivity contribution in [3.63, 3.8) is 0 Å². The largest absolute Gasteiger partial charge is 0.508 e. The molecule has 1 saturated heterocycles. The average molecular weight is 481 g/mol. The van der Waals surface area contributed by atoms with Gasteiger partial charge in [0.1, 0.15) is 11.5 Å². The number of benzene rings is 2. The van der Waals surface area contributed by atoms with Crippen LogP contribution in [0.15, 0.2) is 53.5 Å². The normalized spacial score (nSPS) is 16.7. The minimum atomic E-state index is 0. The van der Waals surface area contributed by atoms with Gasteiger partial charge in [0.15, 0.2) is 5.96 Å². The average Bonchev–Trinajstić information content (AvgIpc) is 3.15. The first-order chi connectivity index (χ1) is 12.7. The van der Waals surface area contributed by atoms with E-state index in [2.05, 4.69) is 29.3 Å². The highest BCUT2D eigenvalue weighted by atomic mass is 127. The highest BCUT2D eigenvalue weighted by Crippen LogP contribution is 2.28. The molecule has 3 rings (SSSR count). The van der Waals surface area contributed by atoms with Gasteiger partial charge in [0.25, 0.3) is 0 Å². The van der Waals surface area contributed by atoms with Crippen LogP contribution in [0.5, 0.6) is 11.5 Å². The SMILES string of the molecule is CCNC(=NCc1cccc(O)c1)N1CCC(c2ccc(OC)cc2)C1.I. The Morgan fingerprint density at radius 2 is 2.04 bits per heavy atom. The van der Waals surface area contributed by atoms with Gasteiger partial charge in [-0.15, -0.1) is 24.0 Å². The van der Waals surface area contributed by atoms with E-state index in [-0.39, 0.29) is 29.7 Å². The number of phenols is 1. The van der Waals surface area contributed by atoms with Crippen molar-refractivity contribution in [3.05, 3.63) is 59.7 Å². The van der Waals surface area contributed by atoms with Crippen LogP contribution in [0.1, 0.15) is 30.4 Å². The lowest BCUT2D eigenvalue weighted by atomic mass is 9.98. The van der Waals surface area contributed by atoms with Crippen LogP contribution in [0.3, 0.4) is 0 Å². The molecule has 0 saturated carbocycles. The standard InChI is InChI=1S/C21H27N3O2.HI/c1-3-22-21(23-14-16-5-4-6-19(25)13-16)24-12-11-18(15-24)17-7-9-20(26-2)10-8-17;/h4-10,13,18,25H,3,11-12,14-15H2,1-2H3,(H,22,23);1H. The first-order valence-electron chi connectivity index (χ1n) is 9.14. The number of ether oxygens (including phenoxy) is 1. The number of rotatable bonds is 5. The summed E-state index contributed by atoms with van der Waals surface area (Å²) < 4.78 is 5.25. The summed E-state index contributed by atoms with van der Waals surface area (Å²) in [5.41, 5.74) is 2.35. The molecule has 2 aromatic rings. The molecule has 1 aliphatic rings. The van der Waals surface area contributed by atoms with Crippen molar-refractivity contribution < 1.29 is 9.84 Å². The molecule has 27 heavy (non-hydrogen) atoms. The fraction of sp³-hybridized carbons (Fsp3) is 0.381. The van der Waals surface area contributed by atoms with Gasteiger partial charge in [0.2, 0.25) is 0 Å². The first kappa shape index (κ1) is 21.3. The van der Waals surface area contributed by atoms with Gasteiger partial charge in [-0.1, -0.05) is 24.3 Å². The maximum absolute atomic E-state index is 9.61. The highest BCUT2D eigenvalue weighted by molar-refractivity contribution is 14.0. The number of guanidine groups is 1. The zero-order valence-electron chi connectivity index (χ0n) is 15.9. The predicted molar refractivity (Wildman–Crippen MR) is 120 cm³/mol. The van der Waals surface area contributed by atoms with Crippen LogP contribution in [0.25, 0.3) is 0 Å². The van der Waals surface area contributed by atoms with E-state index in [1.807, 2.05) is 24.3 Å². The fourth-order valence-electron chi connectivity index (χ4n) is 3.35. The monoisotopic (exact) mass is 481 g/mol. The molecule has 0 bridgehead atoms. The molecular weight excluding hydrogens is 453 g/mol. The van der Waals surface area contributed by atoms with E-state index in [9.17, 15) is 5.11 Å². The molecular formula is C21H28IN3O2. The molecule has 0 spiro atoms. The maximum atomic E-state index is 9.61. The second-order valence-electron chi connectivity index (χ2n) is 6.54. The molecule has 2 N–H and O–H groups in total. The maximum Gasteiger partial charge on any atom is 0.194 e. The molecule has 0 radical (unpaired) electrons. The second-order valence-corrected chi connectivity index (χ2v) is 6.54. The lowest BCUT2D eigenvalue weighted by Gasteiger charge is -2.22. The molecule has 1 aliphatic heterocycles. The molecule has 0 amide bonds. The van der Waals surface area contributed by atoms with Crippen molar-refractivity contribution in [2.75, 3.05) is 26.7 Å². The lowest BCUT2D eigenvalue weighted by Crippen LogP contribution is -2.40. The molecule has 1 fully saturated rings. The van der Waals surface area contributed by atoms with Crippen molar-refractivity contribution in [3.8, 4) is 11.5 Å². The lowest BCUT2D eigenvalue weighted by molar-refractivity contribution is 0.414. The van der Waals surface area contributed by atoms with E-state index < -0.39 is 0 Å². The smallest absolute Gasteiger partial charge is 0.194 e. The van der Waals surface area contributed by atoms with Crippen LogP contribution in [-0.2, 0) is 6.54 Å². The number of aromatic hydroxyl groups is 1. The molecule has 146 valence electrons. The Morgan fingerprint density at radius 1 is 1.26 bits per heavy atom. The summed E-state index contributed by atoms with van der Waals surface area (Å²) in [6.07, 6.45) is 1.11. The number of likely N-dealkylation sites (tertiary alicyclic amines) is 1. The van der Waals surface area contributed by atoms with E-state index in [1.54, 1.807) is 19.2 Å². The van der Waals surface area contributed by atoms with Crippen molar-refractivity contribution in [1.82, 2.24) is 10.2 Å². The summed E-state index contributed by atoms with van der Waals surface area (Å²) in [4.78, 5) is 7.08. The third kappa shape index (κ3) is 5.76. The number of methoxy groups -OCH3 is 1. The van der Waals surface area contributed by atoms with Gasteiger partial charge in [0, 0.05) is 25.6 Å². The molecule has 2 aromatic carbocycles. The van der Waals surface area contributed by atoms with E-state index in [4.69, 9.17) is 9.73 Å². The van der Waals surface area contributed by atoms with E-state index >= 15 is 0 Å². The summed E-state index contributed by atoms with van der Waals surface area (Å²) >= 11 is 0. The van der Waals surface area contributed by atoms with Gasteiger partial charge in [-0.3, -0.25) is 0 Å². The first-order valence-corrected chi connectivity index (χ1v) is 9.14. The van der Waals surface area contributed by atoms with Gasteiger partial charge in [-0.05, 0) is 48.7 Å². The van der Waals surface area contributed by atoms with Gasteiger partial charge in [-0.2, -0.15) is 0 Å². The quantitative estimate of drug-likeness (QED) is 0.386. The van der Waals surface area contributed by atoms with Crippen molar-refractivity contribution >= 4 is 29.9 Å². The van der Waals surface area contributed by atoms with Gasteiger partial charge >= 0.3 is 0 Å². The Kier molecular flexibility index (Phi) is 8.22. The van der Waals surface area contributed by atoms with Crippen LogP contribution in [0, 0.1) is 0 Å². The van der Waals surface area contributed by atoms with Crippen molar-refractivity contribution in [1.29, 1.82) is 0 Å². The molecule has 1 unspecified atom stereocenters. The Morgan fingerprint density at radius 3 is 2.70 bits per heavy atom. The van der Waals surface area contributed by atoms with Crippen LogP contribution in [-0.4, -0.2) is 42.7 Å². The molecule has 1 atom stereocenters. The van der Waals surface area contributed by atoms with E-state index in [1.165, 1.54) is 5.56 Å². The fourth-order valence-corrected chi connectivity index (χ4v) is 3.35. The summed E-state index contributed by atoms with van der Waals surface area (Å²) in [6.45, 7) is 5.42. The summed E-state index contributed by atoms with van der Waals surface area (Å²) in [6, 6.07) is 15.6. The van der Waals surface area contributed by atoms with E-state index in [0.29, 0.717) is 12.5 Å². The Labute approximate surface area is 178 Å². The highest BCUT2D eigenvalue weighted by Gasteiger charge is 2.26. The van der Waals surface area contributed by atoms with Crippen LogP contribution in [0.2, 0.25) is 0 Å². The van der Waals surface area contributed by atoms with Gasteiger partial charge < -0.3 is 20.1 Å². The number of hydrogen-bond donors (Lipinski definition) is 2. The minimum Gasteiger partial charge on any atom is -0.508 e. The van der Waals surface area contributed by atoms with Gasteiger partial charge in [0.05, 0.1) is 13.7 Å². The third-order valence-corrected chi connectivity index (χ3v) is 4.73. The number of phenolic OH excluding ortho intramolecular Hbond substituents is 1. The number of nitrogens with one attached hydrogen (secondary N) is 1. The third-order valence-electron chi connectivity index (χ3n) is 4.73. The van der Waals surface area contributed by atoms with Gasteiger partial charge in [-0.25, -0.2) is 4.99 Å². The summed E-state index contributed by atoms with van der Waals surface area (Å²) in [7, 11) is 1.69. The van der Waals surface area contributed by atoms with Crippen molar-refractivity contribution in [2.45, 2.75) is 25.8 Å². The zero-order chi connectivity index (χ0) is 18.4. The topological polar surface area (TPSA) is 57.1 Å². The summed E-state index contributed by atoms with van der Waals surface area (Å²) in [5, 5.41) is 13.0. The van der Waals surface area contributed by atoms with Crippen LogP contribution in [0.4, 0.5) is 0 Å². The zero-order valence-corrected chi connectivity index (χ0v) is 18.2. The minimum absolute atomic E-state index is 0. The Bertz CT molecular complexity index is 749. The second kappa shape index (κ2) is 10.4. The molecule has 0 aromatic heterocycles. The molecule has 5 nitrogen and oxygen atoms in total. The van der Waals surface area contributed by atoms with E-state index in [0.717, 1.165) is 43.3 Å². The molecule has 6 heteroatoms. The van der Waals surface area contributed by atoms with Crippen LogP contribution >= 0.6 is 24.0 Å².